The van der Waals surface area contributed by atoms with Crippen molar-refractivity contribution in [3.63, 3.8) is 0 Å². The van der Waals surface area contributed by atoms with Gasteiger partial charge in [0.2, 0.25) is 5.89 Å². The molecule has 1 aromatic heterocycles. The quantitative estimate of drug-likeness (QED) is 0.479. The summed E-state index contributed by atoms with van der Waals surface area (Å²) in [6.45, 7) is 0. The summed E-state index contributed by atoms with van der Waals surface area (Å²) in [5.41, 5.74) is 1.16. The van der Waals surface area contributed by atoms with Crippen molar-refractivity contribution in [3.8, 4) is 11.8 Å². The van der Waals surface area contributed by atoms with Gasteiger partial charge in [0.1, 0.15) is 5.75 Å². The molecule has 3 aromatic rings. The zero-order valence-electron chi connectivity index (χ0n) is 13.6. The lowest BCUT2D eigenvalue weighted by atomic mass is 10.1. The van der Waals surface area contributed by atoms with Gasteiger partial charge in [0.05, 0.1) is 35.0 Å². The Hall–Kier alpha value is -3.38. The first-order chi connectivity index (χ1) is 12.6. The highest BCUT2D eigenvalue weighted by Gasteiger charge is 2.18. The van der Waals surface area contributed by atoms with E-state index in [0.29, 0.717) is 17.9 Å². The third-order valence-electron chi connectivity index (χ3n) is 3.45. The second-order valence-electron chi connectivity index (χ2n) is 5.14. The topological polar surface area (TPSA) is 115 Å². The number of nitro benzene ring substituents is 1. The molecular weight excluding hydrogens is 356 g/mol. The minimum absolute atomic E-state index is 0.121. The lowest BCUT2D eigenvalue weighted by molar-refractivity contribution is -0.387. The van der Waals surface area contributed by atoms with Gasteiger partial charge < -0.3 is 9.15 Å². The predicted molar refractivity (Wildman–Crippen MR) is 92.0 cm³/mol. The van der Waals surface area contributed by atoms with Gasteiger partial charge in [0.15, 0.2) is 0 Å². The van der Waals surface area contributed by atoms with Crippen LogP contribution in [0.4, 0.5) is 5.69 Å². The van der Waals surface area contributed by atoms with E-state index in [1.807, 2.05) is 30.3 Å². The van der Waals surface area contributed by atoms with E-state index in [-0.39, 0.29) is 15.8 Å². The van der Waals surface area contributed by atoms with Crippen LogP contribution in [0.25, 0.3) is 0 Å². The molecule has 130 valence electrons. The van der Waals surface area contributed by atoms with Crippen LogP contribution < -0.4 is 4.74 Å². The number of hydrogen-bond donors (Lipinski definition) is 0. The van der Waals surface area contributed by atoms with Crippen LogP contribution in [0.1, 0.15) is 17.0 Å². The van der Waals surface area contributed by atoms with Gasteiger partial charge in [-0.1, -0.05) is 12.1 Å². The first-order valence-corrected chi connectivity index (χ1v) is 8.22. The highest BCUT2D eigenvalue weighted by atomic mass is 32.2. The van der Waals surface area contributed by atoms with Crippen molar-refractivity contribution in [2.45, 2.75) is 16.5 Å². The van der Waals surface area contributed by atoms with Crippen molar-refractivity contribution in [1.29, 1.82) is 5.26 Å². The van der Waals surface area contributed by atoms with E-state index in [0.717, 1.165) is 23.1 Å². The van der Waals surface area contributed by atoms with Crippen molar-refractivity contribution >= 4 is 17.4 Å². The molecule has 1 heterocycles. The van der Waals surface area contributed by atoms with Crippen LogP contribution in [0.2, 0.25) is 0 Å². The molecule has 26 heavy (non-hydrogen) atoms. The Morgan fingerprint density at radius 1 is 1.27 bits per heavy atom. The molecule has 0 spiro atoms. The fourth-order valence-corrected chi connectivity index (χ4v) is 3.02. The van der Waals surface area contributed by atoms with E-state index in [1.165, 1.54) is 18.2 Å². The van der Waals surface area contributed by atoms with E-state index in [4.69, 9.17) is 14.4 Å². The maximum absolute atomic E-state index is 11.1. The Kier molecular flexibility index (Phi) is 5.15. The van der Waals surface area contributed by atoms with E-state index in [1.54, 1.807) is 7.11 Å². The molecule has 0 unspecified atom stereocenters. The highest BCUT2D eigenvalue weighted by molar-refractivity contribution is 7.99. The number of ether oxygens (including phenoxy) is 1. The Labute approximate surface area is 152 Å². The number of methoxy groups -OCH3 is 1. The largest absolute Gasteiger partial charge is 0.497 e. The second-order valence-corrected chi connectivity index (χ2v) is 6.13. The first kappa shape index (κ1) is 17.4. The predicted octanol–water partition coefficient (Wildman–Crippen LogP) is 3.60. The monoisotopic (exact) mass is 368 g/mol. The number of nitrogens with zero attached hydrogens (tertiary/aromatic N) is 4. The number of nitriles is 1. The standard InChI is InChI=1S/C17H12N4O4S/c1-24-13-5-2-11(3-6-13)9-16-19-20-17(25-16)26-15-8-12(10-18)4-7-14(15)21(22)23/h2-8H,9H2,1H3. The van der Waals surface area contributed by atoms with Crippen LogP contribution in [0.15, 0.2) is 57.0 Å². The van der Waals surface area contributed by atoms with E-state index >= 15 is 0 Å². The maximum atomic E-state index is 11.1. The molecule has 0 atom stereocenters. The molecule has 0 N–H and O–H groups in total. The van der Waals surface area contributed by atoms with Crippen LogP contribution in [-0.2, 0) is 6.42 Å². The van der Waals surface area contributed by atoms with Crippen LogP contribution in [0, 0.1) is 21.4 Å². The van der Waals surface area contributed by atoms with Gasteiger partial charge in [0.25, 0.3) is 10.9 Å². The summed E-state index contributed by atoms with van der Waals surface area (Å²) in [6.07, 6.45) is 0.428. The first-order valence-electron chi connectivity index (χ1n) is 7.40. The molecule has 0 bridgehead atoms. The van der Waals surface area contributed by atoms with Crippen LogP contribution in [0.5, 0.6) is 5.75 Å². The van der Waals surface area contributed by atoms with Gasteiger partial charge in [-0.05, 0) is 41.6 Å². The van der Waals surface area contributed by atoms with Gasteiger partial charge in [-0.2, -0.15) is 5.26 Å². The molecular formula is C17H12N4O4S. The summed E-state index contributed by atoms with van der Waals surface area (Å²) in [6, 6.07) is 13.5. The summed E-state index contributed by atoms with van der Waals surface area (Å²) >= 11 is 0.956. The molecule has 2 aromatic carbocycles. The summed E-state index contributed by atoms with van der Waals surface area (Å²) in [7, 11) is 1.59. The van der Waals surface area contributed by atoms with Gasteiger partial charge in [-0.15, -0.1) is 10.2 Å². The second kappa shape index (κ2) is 7.67. The average Bonchev–Trinajstić information content (AvgIpc) is 3.08. The Balaban J connectivity index is 1.78. The van der Waals surface area contributed by atoms with Crippen molar-refractivity contribution in [3.05, 3.63) is 69.6 Å². The third kappa shape index (κ3) is 3.99. The zero-order valence-corrected chi connectivity index (χ0v) is 14.4. The Morgan fingerprint density at radius 2 is 2.04 bits per heavy atom. The molecule has 0 saturated carbocycles. The highest BCUT2D eigenvalue weighted by Crippen LogP contribution is 2.34. The normalized spacial score (nSPS) is 10.3. The molecule has 9 heteroatoms. The van der Waals surface area contributed by atoms with Crippen molar-refractivity contribution in [1.82, 2.24) is 10.2 Å². The third-order valence-corrected chi connectivity index (χ3v) is 4.33. The molecule has 0 fully saturated rings. The fourth-order valence-electron chi connectivity index (χ4n) is 2.18. The summed E-state index contributed by atoms with van der Waals surface area (Å²) in [5, 5.41) is 28.2. The SMILES string of the molecule is COc1ccc(Cc2nnc(Sc3cc(C#N)ccc3[N+](=O)[O-])o2)cc1. The van der Waals surface area contributed by atoms with E-state index in [9.17, 15) is 10.1 Å². The number of aromatic nitrogens is 2. The summed E-state index contributed by atoms with van der Waals surface area (Å²) in [5.74, 6) is 1.14. The number of nitro groups is 1. The molecule has 0 aliphatic rings. The minimum Gasteiger partial charge on any atom is -0.497 e. The van der Waals surface area contributed by atoms with E-state index in [2.05, 4.69) is 10.2 Å². The molecule has 0 amide bonds. The zero-order chi connectivity index (χ0) is 18.5. The van der Waals surface area contributed by atoms with Gasteiger partial charge >= 0.3 is 0 Å². The lowest BCUT2D eigenvalue weighted by Gasteiger charge is -2.01. The molecule has 0 saturated heterocycles. The fraction of sp³-hybridized carbons (Fsp3) is 0.118. The van der Waals surface area contributed by atoms with Crippen LogP contribution in [0.3, 0.4) is 0 Å². The Bertz CT molecular complexity index is 979. The summed E-state index contributed by atoms with van der Waals surface area (Å²) < 4.78 is 10.7. The van der Waals surface area contributed by atoms with Crippen molar-refractivity contribution < 1.29 is 14.1 Å². The van der Waals surface area contributed by atoms with Gasteiger partial charge in [0, 0.05) is 6.07 Å². The van der Waals surface area contributed by atoms with Crippen LogP contribution in [-0.4, -0.2) is 22.2 Å². The van der Waals surface area contributed by atoms with Gasteiger partial charge in [-0.25, -0.2) is 0 Å². The molecule has 3 rings (SSSR count). The molecule has 0 radical (unpaired) electrons. The molecule has 8 nitrogen and oxygen atoms in total. The Morgan fingerprint density at radius 3 is 2.69 bits per heavy atom. The van der Waals surface area contributed by atoms with Crippen molar-refractivity contribution in [2.24, 2.45) is 0 Å². The number of rotatable bonds is 6. The van der Waals surface area contributed by atoms with Gasteiger partial charge in [-0.3, -0.25) is 10.1 Å². The molecule has 0 aliphatic heterocycles. The maximum Gasteiger partial charge on any atom is 0.283 e. The minimum atomic E-state index is -0.516. The summed E-state index contributed by atoms with van der Waals surface area (Å²) in [4.78, 5) is 10.9. The molecule has 0 aliphatic carbocycles. The van der Waals surface area contributed by atoms with E-state index < -0.39 is 4.92 Å². The smallest absolute Gasteiger partial charge is 0.283 e. The lowest BCUT2D eigenvalue weighted by Crippen LogP contribution is -1.91. The van der Waals surface area contributed by atoms with Crippen molar-refractivity contribution in [2.75, 3.05) is 7.11 Å². The number of hydrogen-bond acceptors (Lipinski definition) is 8. The van der Waals surface area contributed by atoms with Crippen LogP contribution >= 0.6 is 11.8 Å². The number of benzene rings is 2. The average molecular weight is 368 g/mol.